The van der Waals surface area contributed by atoms with Crippen LogP contribution in [0.3, 0.4) is 0 Å². The summed E-state index contributed by atoms with van der Waals surface area (Å²) in [6, 6.07) is 4.39. The van der Waals surface area contributed by atoms with Crippen LogP contribution in [0.5, 0.6) is 11.5 Å². The van der Waals surface area contributed by atoms with Crippen molar-refractivity contribution in [3.8, 4) is 11.5 Å². The number of rotatable bonds is 7. The van der Waals surface area contributed by atoms with E-state index < -0.39 is 10.4 Å². The molecule has 0 unspecified atom stereocenters. The van der Waals surface area contributed by atoms with Gasteiger partial charge in [0.25, 0.3) is 0 Å². The molecule has 3 fully saturated rings. The van der Waals surface area contributed by atoms with Crippen LogP contribution in [0, 0.1) is 45.3 Å². The minimum Gasteiger partial charge on any atom is -0.508 e. The Bertz CT molecular complexity index is 1340. The lowest BCUT2D eigenvalue weighted by Crippen LogP contribution is -2.51. The fourth-order valence-electron chi connectivity index (χ4n) is 11.0. The standard InChI is InChI=1S/C36H54O5S/c1-24-10-14-31-33(3,4)17-8-19-35(31,6)28(24)16-21-34(5)18-9-20-36(7)29(25(2)11-15-32(34)36)23-26-22-27(12-13-30(26)37)41-42(38,39)40/h11-13,22,28-29,31-32,37H,1,8-10,14-21,23H2,2-7H3,(H,38,39,40)/t28-,29+,31+,32+,34-,35+,36-/m1/s1. The van der Waals surface area contributed by atoms with E-state index in [1.165, 1.54) is 81.1 Å². The summed E-state index contributed by atoms with van der Waals surface area (Å²) in [6.07, 6.45) is 16.7. The van der Waals surface area contributed by atoms with Gasteiger partial charge in [-0.25, -0.2) is 0 Å². The van der Waals surface area contributed by atoms with Crippen LogP contribution < -0.4 is 4.18 Å². The predicted molar refractivity (Wildman–Crippen MR) is 170 cm³/mol. The fourth-order valence-corrected chi connectivity index (χ4v) is 11.4. The molecule has 5 rings (SSSR count). The quantitative estimate of drug-likeness (QED) is 0.241. The number of allylic oxidation sites excluding steroid dienone is 3. The zero-order valence-corrected chi connectivity index (χ0v) is 27.7. The number of phenolic OH excluding ortho intramolecular Hbond substituents is 1. The highest BCUT2D eigenvalue weighted by Crippen LogP contribution is 2.65. The summed E-state index contributed by atoms with van der Waals surface area (Å²) in [5.74, 6) is 2.28. The van der Waals surface area contributed by atoms with Crippen molar-refractivity contribution in [2.45, 2.75) is 119 Å². The molecule has 0 spiro atoms. The number of aromatic hydroxyl groups is 1. The van der Waals surface area contributed by atoms with Gasteiger partial charge in [-0.2, -0.15) is 8.42 Å². The predicted octanol–water partition coefficient (Wildman–Crippen LogP) is 9.47. The first-order valence-corrected chi connectivity index (χ1v) is 17.7. The maximum atomic E-state index is 11.3. The van der Waals surface area contributed by atoms with Gasteiger partial charge in [-0.15, -0.1) is 0 Å². The second-order valence-electron chi connectivity index (χ2n) is 16.0. The van der Waals surface area contributed by atoms with Crippen molar-refractivity contribution >= 4 is 10.4 Å². The molecule has 1 aromatic carbocycles. The van der Waals surface area contributed by atoms with Gasteiger partial charge in [0.2, 0.25) is 0 Å². The van der Waals surface area contributed by atoms with E-state index in [1.807, 2.05) is 0 Å². The van der Waals surface area contributed by atoms with E-state index in [-0.39, 0.29) is 28.2 Å². The molecule has 7 atom stereocenters. The van der Waals surface area contributed by atoms with Gasteiger partial charge in [0.05, 0.1) is 0 Å². The average molecular weight is 599 g/mol. The normalized spacial score (nSPS) is 38.3. The van der Waals surface area contributed by atoms with Crippen LogP contribution in [-0.2, 0) is 16.8 Å². The number of hydrogen-bond donors (Lipinski definition) is 2. The van der Waals surface area contributed by atoms with Crippen molar-refractivity contribution < 1.29 is 22.3 Å². The molecule has 2 N–H and O–H groups in total. The monoisotopic (exact) mass is 598 g/mol. The zero-order valence-electron chi connectivity index (χ0n) is 26.8. The number of phenols is 1. The molecule has 0 aromatic heterocycles. The van der Waals surface area contributed by atoms with Crippen molar-refractivity contribution in [2.75, 3.05) is 0 Å². The Morgan fingerprint density at radius 2 is 1.64 bits per heavy atom. The Balaban J connectivity index is 1.39. The number of benzene rings is 1. The number of hydrogen-bond acceptors (Lipinski definition) is 4. The average Bonchev–Trinajstić information content (AvgIpc) is 2.86. The molecule has 3 saturated carbocycles. The first kappa shape index (κ1) is 31.6. The summed E-state index contributed by atoms with van der Waals surface area (Å²) >= 11 is 0. The topological polar surface area (TPSA) is 83.8 Å². The second kappa shape index (κ2) is 11.0. The van der Waals surface area contributed by atoms with Gasteiger partial charge >= 0.3 is 10.4 Å². The molecule has 4 aliphatic rings. The van der Waals surface area contributed by atoms with Crippen LogP contribution in [0.25, 0.3) is 0 Å². The Kier molecular flexibility index (Phi) is 8.27. The van der Waals surface area contributed by atoms with Crippen molar-refractivity contribution in [3.63, 3.8) is 0 Å². The lowest BCUT2D eigenvalue weighted by atomic mass is 9.45. The zero-order chi connectivity index (χ0) is 30.7. The molecule has 5 nitrogen and oxygen atoms in total. The molecule has 4 aliphatic carbocycles. The van der Waals surface area contributed by atoms with Crippen molar-refractivity contribution in [2.24, 2.45) is 45.3 Å². The van der Waals surface area contributed by atoms with Crippen molar-refractivity contribution in [1.82, 2.24) is 0 Å². The fraction of sp³-hybridized carbons (Fsp3) is 0.722. The molecule has 0 radical (unpaired) electrons. The molecule has 0 amide bonds. The van der Waals surface area contributed by atoms with Crippen LogP contribution in [0.1, 0.15) is 118 Å². The van der Waals surface area contributed by atoms with Gasteiger partial charge in [-0.1, -0.05) is 71.3 Å². The summed E-state index contributed by atoms with van der Waals surface area (Å²) in [6.45, 7) is 19.5. The molecule has 0 bridgehead atoms. The second-order valence-corrected chi connectivity index (χ2v) is 17.0. The lowest BCUT2D eigenvalue weighted by molar-refractivity contribution is -0.0748. The Hall–Kier alpha value is -1.79. The van der Waals surface area contributed by atoms with E-state index in [2.05, 4.69) is 54.2 Å². The van der Waals surface area contributed by atoms with E-state index in [4.69, 9.17) is 4.18 Å². The summed E-state index contributed by atoms with van der Waals surface area (Å²) in [5, 5.41) is 10.7. The van der Waals surface area contributed by atoms with Gasteiger partial charge in [0.1, 0.15) is 11.5 Å². The molecule has 0 saturated heterocycles. The van der Waals surface area contributed by atoms with Gasteiger partial charge < -0.3 is 9.29 Å². The molecular formula is C36H54O5S. The minimum atomic E-state index is -4.63. The maximum Gasteiger partial charge on any atom is 0.446 e. The van der Waals surface area contributed by atoms with Crippen LogP contribution in [0.15, 0.2) is 42.0 Å². The minimum absolute atomic E-state index is 0.0170. The number of fused-ring (bicyclic) bond motifs is 2. The molecule has 234 valence electrons. The van der Waals surface area contributed by atoms with E-state index in [0.717, 1.165) is 18.8 Å². The molecule has 6 heteroatoms. The molecular weight excluding hydrogens is 544 g/mol. The highest BCUT2D eigenvalue weighted by atomic mass is 32.3. The summed E-state index contributed by atoms with van der Waals surface area (Å²) < 4.78 is 36.6. The lowest BCUT2D eigenvalue weighted by Gasteiger charge is -2.60. The van der Waals surface area contributed by atoms with E-state index >= 15 is 0 Å². The van der Waals surface area contributed by atoms with Crippen LogP contribution >= 0.6 is 0 Å². The van der Waals surface area contributed by atoms with Crippen LogP contribution in [0.4, 0.5) is 0 Å². The SMILES string of the molecule is C=C1CC[C@H]2C(C)(C)CCC[C@@]2(C)[C@@H]1CC[C@@]1(C)CCC[C@]2(C)[C@@H](Cc3cc(OS(=O)(=O)O)ccc3O)C(C)=CC[C@@H]12. The third-order valence-electron chi connectivity index (χ3n) is 13.1. The van der Waals surface area contributed by atoms with Crippen LogP contribution in [-0.4, -0.2) is 18.1 Å². The third kappa shape index (κ3) is 5.72. The Labute approximate surface area is 255 Å². The highest BCUT2D eigenvalue weighted by Gasteiger charge is 2.56. The molecule has 0 aliphatic heterocycles. The van der Waals surface area contributed by atoms with Crippen molar-refractivity contribution in [3.05, 3.63) is 47.6 Å². The van der Waals surface area contributed by atoms with E-state index in [0.29, 0.717) is 34.7 Å². The van der Waals surface area contributed by atoms with Crippen molar-refractivity contribution in [1.29, 1.82) is 0 Å². The van der Waals surface area contributed by atoms with Gasteiger partial charge in [-0.3, -0.25) is 4.55 Å². The Morgan fingerprint density at radius 1 is 0.976 bits per heavy atom. The van der Waals surface area contributed by atoms with Crippen LogP contribution in [0.2, 0.25) is 0 Å². The largest absolute Gasteiger partial charge is 0.508 e. The molecule has 0 heterocycles. The Morgan fingerprint density at radius 3 is 2.33 bits per heavy atom. The highest BCUT2D eigenvalue weighted by molar-refractivity contribution is 7.81. The van der Waals surface area contributed by atoms with Gasteiger partial charge in [0, 0.05) is 0 Å². The van der Waals surface area contributed by atoms with E-state index in [9.17, 15) is 18.1 Å². The summed E-state index contributed by atoms with van der Waals surface area (Å²) in [7, 11) is -4.63. The summed E-state index contributed by atoms with van der Waals surface area (Å²) in [4.78, 5) is 0. The van der Waals surface area contributed by atoms with E-state index in [1.54, 1.807) is 6.07 Å². The first-order chi connectivity index (χ1) is 19.5. The smallest absolute Gasteiger partial charge is 0.446 e. The third-order valence-corrected chi connectivity index (χ3v) is 13.5. The first-order valence-electron chi connectivity index (χ1n) is 16.3. The van der Waals surface area contributed by atoms with Gasteiger partial charge in [0.15, 0.2) is 0 Å². The summed E-state index contributed by atoms with van der Waals surface area (Å²) in [5.41, 5.74) is 4.56. The molecule has 1 aromatic rings. The maximum absolute atomic E-state index is 11.3. The molecule has 42 heavy (non-hydrogen) atoms. The van der Waals surface area contributed by atoms with Gasteiger partial charge in [-0.05, 0) is 140 Å².